The smallest absolute Gasteiger partial charge is 0.437 e. The first-order valence-electron chi connectivity index (χ1n) is 10.2. The van der Waals surface area contributed by atoms with Gasteiger partial charge in [0.1, 0.15) is 18.5 Å². The van der Waals surface area contributed by atoms with Crippen molar-refractivity contribution in [1.82, 2.24) is 14.9 Å². The first-order valence-corrected chi connectivity index (χ1v) is 10.2. The maximum absolute atomic E-state index is 14.9. The molecule has 1 aromatic heterocycles. The van der Waals surface area contributed by atoms with Crippen LogP contribution < -0.4 is 16.2 Å². The molecule has 1 aliphatic heterocycles. The predicted octanol–water partition coefficient (Wildman–Crippen LogP) is 1.58. The largest absolute Gasteiger partial charge is 0.458 e. The molecule has 2 amide bonds. The van der Waals surface area contributed by atoms with E-state index in [1.165, 1.54) is 18.5 Å². The van der Waals surface area contributed by atoms with Crippen molar-refractivity contribution in [3.05, 3.63) is 42.0 Å². The van der Waals surface area contributed by atoms with Gasteiger partial charge < -0.3 is 25.8 Å². The molecule has 2 fully saturated rings. The topological polar surface area (TPSA) is 146 Å². The van der Waals surface area contributed by atoms with E-state index in [1.54, 1.807) is 12.1 Å². The quantitative estimate of drug-likeness (QED) is 0.506. The Hall–Kier alpha value is -3.76. The molecule has 1 saturated heterocycles. The molecule has 1 aliphatic carbocycles. The van der Waals surface area contributed by atoms with Gasteiger partial charge in [-0.2, -0.15) is 0 Å². The monoisotopic (exact) mass is 442 g/mol. The van der Waals surface area contributed by atoms with Crippen molar-refractivity contribution in [2.75, 3.05) is 13.1 Å². The first-order chi connectivity index (χ1) is 15.4. The van der Waals surface area contributed by atoms with E-state index in [0.29, 0.717) is 18.7 Å². The van der Waals surface area contributed by atoms with Crippen LogP contribution >= 0.6 is 0 Å². The van der Waals surface area contributed by atoms with Crippen LogP contribution in [0.15, 0.2) is 35.6 Å². The molecule has 2 aromatic rings. The fourth-order valence-electron chi connectivity index (χ4n) is 3.47. The molecule has 0 radical (unpaired) electrons. The maximum atomic E-state index is 14.9. The summed E-state index contributed by atoms with van der Waals surface area (Å²) in [6, 6.07) is 4.83. The number of nitrogens with zero attached hydrogens (tertiary/aromatic N) is 4. The van der Waals surface area contributed by atoms with Crippen molar-refractivity contribution in [2.45, 2.75) is 32.0 Å². The highest BCUT2D eigenvalue weighted by Crippen LogP contribution is 2.32. The molecule has 1 saturated carbocycles. The summed E-state index contributed by atoms with van der Waals surface area (Å²) in [6.45, 7) is 0.856. The number of aliphatic imine (C=N–C) groups is 1. The fourth-order valence-corrected chi connectivity index (χ4v) is 3.47. The standard InChI is InChI=1S/C21H23FN6O4/c22-17-13(11-31-21(30)27-19(23)24)2-1-3-16(17)14-8-25-20(26-9-14)32-15-6-7-28(10-15)18(29)12-4-5-12/h1-3,8-9,12,15H,4-7,10-11H2,(H4,23,24,27,30). The van der Waals surface area contributed by atoms with E-state index in [0.717, 1.165) is 19.3 Å². The van der Waals surface area contributed by atoms with Gasteiger partial charge in [-0.1, -0.05) is 18.2 Å². The molecule has 10 nitrogen and oxygen atoms in total. The minimum atomic E-state index is -1.01. The molecule has 2 heterocycles. The number of amides is 2. The molecule has 0 spiro atoms. The second-order valence-electron chi connectivity index (χ2n) is 7.71. The van der Waals surface area contributed by atoms with Crippen LogP contribution in [0.3, 0.4) is 0 Å². The van der Waals surface area contributed by atoms with Gasteiger partial charge in [0.15, 0.2) is 5.96 Å². The van der Waals surface area contributed by atoms with Crippen molar-refractivity contribution in [2.24, 2.45) is 22.4 Å². The Balaban J connectivity index is 1.38. The minimum Gasteiger partial charge on any atom is -0.458 e. The number of nitrogens with two attached hydrogens (primary N) is 2. The lowest BCUT2D eigenvalue weighted by molar-refractivity contribution is -0.131. The lowest BCUT2D eigenvalue weighted by atomic mass is 10.1. The van der Waals surface area contributed by atoms with Gasteiger partial charge in [-0.05, 0) is 12.8 Å². The highest BCUT2D eigenvalue weighted by atomic mass is 19.1. The van der Waals surface area contributed by atoms with Crippen LogP contribution in [0.25, 0.3) is 11.1 Å². The van der Waals surface area contributed by atoms with Crippen molar-refractivity contribution < 1.29 is 23.5 Å². The molecule has 32 heavy (non-hydrogen) atoms. The SMILES string of the molecule is NC(N)=NC(=O)OCc1cccc(-c2cnc(OC3CCN(C(=O)C4CC4)C3)nc2)c1F. The van der Waals surface area contributed by atoms with Crippen LogP contribution in [-0.2, 0) is 16.1 Å². The summed E-state index contributed by atoms with van der Waals surface area (Å²) in [6.07, 6.45) is 4.41. The number of carbonyl (C=O) groups excluding carboxylic acids is 2. The summed E-state index contributed by atoms with van der Waals surface area (Å²) < 4.78 is 25.5. The van der Waals surface area contributed by atoms with Gasteiger partial charge in [0.05, 0.1) is 6.54 Å². The number of carbonyl (C=O) groups is 2. The molecule has 0 bridgehead atoms. The molecule has 2 aliphatic rings. The lowest BCUT2D eigenvalue weighted by Crippen LogP contribution is -2.32. The third-order valence-electron chi connectivity index (χ3n) is 5.24. The van der Waals surface area contributed by atoms with Gasteiger partial charge in [-0.25, -0.2) is 19.2 Å². The molecule has 1 unspecified atom stereocenters. The average molecular weight is 442 g/mol. The summed E-state index contributed by atoms with van der Waals surface area (Å²) in [7, 11) is 0. The highest BCUT2D eigenvalue weighted by molar-refractivity contribution is 5.87. The Labute approximate surface area is 183 Å². The normalized spacial score (nSPS) is 17.7. The predicted molar refractivity (Wildman–Crippen MR) is 112 cm³/mol. The Morgan fingerprint density at radius 3 is 2.62 bits per heavy atom. The summed E-state index contributed by atoms with van der Waals surface area (Å²) >= 11 is 0. The van der Waals surface area contributed by atoms with E-state index in [2.05, 4.69) is 15.0 Å². The van der Waals surface area contributed by atoms with E-state index in [1.807, 2.05) is 4.90 Å². The van der Waals surface area contributed by atoms with Crippen LogP contribution in [0.4, 0.5) is 9.18 Å². The number of hydrogen-bond donors (Lipinski definition) is 2. The van der Waals surface area contributed by atoms with Gasteiger partial charge in [-0.15, -0.1) is 4.99 Å². The summed E-state index contributed by atoms with van der Waals surface area (Å²) in [4.78, 5) is 37.0. The number of ether oxygens (including phenoxy) is 2. The van der Waals surface area contributed by atoms with E-state index in [4.69, 9.17) is 20.9 Å². The van der Waals surface area contributed by atoms with Gasteiger partial charge in [0, 0.05) is 48.0 Å². The van der Waals surface area contributed by atoms with Gasteiger partial charge in [-0.3, -0.25) is 4.79 Å². The summed E-state index contributed by atoms with van der Waals surface area (Å²) in [5.41, 5.74) is 11.0. The molecule has 4 N–H and O–H groups in total. The zero-order chi connectivity index (χ0) is 22.7. The lowest BCUT2D eigenvalue weighted by Gasteiger charge is -2.16. The summed E-state index contributed by atoms with van der Waals surface area (Å²) in [5, 5.41) is 0. The number of likely N-dealkylation sites (tertiary alicyclic amines) is 1. The van der Waals surface area contributed by atoms with Crippen LogP contribution in [-0.4, -0.2) is 52.0 Å². The van der Waals surface area contributed by atoms with Crippen LogP contribution in [0.5, 0.6) is 6.01 Å². The van der Waals surface area contributed by atoms with Crippen molar-refractivity contribution in [3.8, 4) is 17.1 Å². The molecule has 4 rings (SSSR count). The Morgan fingerprint density at radius 1 is 1.19 bits per heavy atom. The van der Waals surface area contributed by atoms with E-state index in [-0.39, 0.29) is 41.7 Å². The van der Waals surface area contributed by atoms with Crippen molar-refractivity contribution in [3.63, 3.8) is 0 Å². The van der Waals surface area contributed by atoms with E-state index >= 15 is 0 Å². The van der Waals surface area contributed by atoms with Crippen LogP contribution in [0.2, 0.25) is 0 Å². The summed E-state index contributed by atoms with van der Waals surface area (Å²) in [5.74, 6) is -0.632. The van der Waals surface area contributed by atoms with Gasteiger partial charge in [0.2, 0.25) is 5.91 Å². The molecule has 1 aromatic carbocycles. The molecular weight excluding hydrogens is 419 g/mol. The third kappa shape index (κ3) is 5.10. The number of aromatic nitrogens is 2. The van der Waals surface area contributed by atoms with Crippen LogP contribution in [0, 0.1) is 11.7 Å². The highest BCUT2D eigenvalue weighted by Gasteiger charge is 2.37. The van der Waals surface area contributed by atoms with Crippen molar-refractivity contribution >= 4 is 18.0 Å². The molecular formula is C21H23FN6O4. The zero-order valence-electron chi connectivity index (χ0n) is 17.2. The fraction of sp³-hybridized carbons (Fsp3) is 0.381. The average Bonchev–Trinajstić information content (AvgIpc) is 3.51. The molecule has 11 heteroatoms. The zero-order valence-corrected chi connectivity index (χ0v) is 17.2. The Bertz CT molecular complexity index is 1040. The molecule has 1 atom stereocenters. The molecule has 168 valence electrons. The first kappa shape index (κ1) is 21.5. The minimum absolute atomic E-state index is 0.147. The number of guanidine groups is 1. The Morgan fingerprint density at radius 2 is 1.94 bits per heavy atom. The number of halogens is 1. The number of benzene rings is 1. The maximum Gasteiger partial charge on any atom is 0.437 e. The van der Waals surface area contributed by atoms with Gasteiger partial charge in [0.25, 0.3) is 0 Å². The van der Waals surface area contributed by atoms with E-state index in [9.17, 15) is 14.0 Å². The second-order valence-corrected chi connectivity index (χ2v) is 7.71. The second kappa shape index (κ2) is 9.16. The van der Waals surface area contributed by atoms with Crippen LogP contribution in [0.1, 0.15) is 24.8 Å². The van der Waals surface area contributed by atoms with Crippen molar-refractivity contribution in [1.29, 1.82) is 0 Å². The number of rotatable bonds is 6. The van der Waals surface area contributed by atoms with E-state index < -0.39 is 17.9 Å². The van der Waals surface area contributed by atoms with Gasteiger partial charge >= 0.3 is 12.1 Å². The Kier molecular flexibility index (Phi) is 6.15. The third-order valence-corrected chi connectivity index (χ3v) is 5.24. The number of hydrogen-bond acceptors (Lipinski definition) is 6.